The van der Waals surface area contributed by atoms with E-state index in [1.807, 2.05) is 0 Å². The van der Waals surface area contributed by atoms with Gasteiger partial charge < -0.3 is 11.1 Å². The number of benzene rings is 1. The second kappa shape index (κ2) is 7.86. The van der Waals surface area contributed by atoms with E-state index in [1.165, 1.54) is 16.5 Å². The molecule has 0 saturated heterocycles. The number of aryl methyl sites for hydroxylation is 1. The molecule has 0 saturated carbocycles. The zero-order chi connectivity index (χ0) is 22.2. The molecule has 0 aliphatic rings. The van der Waals surface area contributed by atoms with Gasteiger partial charge >= 0.3 is 6.18 Å². The van der Waals surface area contributed by atoms with Crippen molar-refractivity contribution in [2.24, 2.45) is 5.73 Å². The maximum absolute atomic E-state index is 14.3. The first kappa shape index (κ1) is 21.4. The summed E-state index contributed by atoms with van der Waals surface area (Å²) in [6.07, 6.45) is -2.62. The maximum atomic E-state index is 14.3. The molecule has 0 bridgehead atoms. The quantitative estimate of drug-likeness (QED) is 0.355. The van der Waals surface area contributed by atoms with Crippen LogP contribution in [0, 0.1) is 18.2 Å². The molecule has 0 aliphatic heterocycles. The van der Waals surface area contributed by atoms with Gasteiger partial charge in [-0.2, -0.15) is 13.2 Å². The molecule has 0 radical (unpaired) electrons. The lowest BCUT2D eigenvalue weighted by Gasteiger charge is -2.11. The van der Waals surface area contributed by atoms with Crippen molar-refractivity contribution in [2.45, 2.75) is 19.5 Å². The van der Waals surface area contributed by atoms with Crippen molar-refractivity contribution in [3.8, 4) is 0 Å². The molecule has 0 aliphatic carbocycles. The number of fused-ring (bicyclic) bond motifs is 1. The number of nitrogens with two attached hydrogens (primary N) is 1. The predicted octanol–water partition coefficient (Wildman–Crippen LogP) is 4.32. The van der Waals surface area contributed by atoms with Crippen molar-refractivity contribution in [1.29, 1.82) is 5.41 Å². The van der Waals surface area contributed by atoms with Gasteiger partial charge in [0.1, 0.15) is 5.82 Å². The van der Waals surface area contributed by atoms with Gasteiger partial charge in [0, 0.05) is 34.8 Å². The Morgan fingerprint density at radius 1 is 1.40 bits per heavy atom. The van der Waals surface area contributed by atoms with E-state index in [1.54, 1.807) is 6.92 Å². The summed E-state index contributed by atoms with van der Waals surface area (Å²) in [7, 11) is 0. The zero-order valence-electron chi connectivity index (χ0n) is 15.7. The third kappa shape index (κ3) is 4.04. The molecule has 5 nitrogen and oxygen atoms in total. The average Bonchev–Trinajstić information content (AvgIpc) is 2.96. The van der Waals surface area contributed by atoms with Crippen molar-refractivity contribution >= 4 is 28.1 Å². The van der Waals surface area contributed by atoms with Gasteiger partial charge in [-0.15, -0.1) is 11.3 Å². The molecule has 10 heteroatoms. The Bertz CT molecular complexity index is 1250. The number of hydrogen-bond acceptors (Lipinski definition) is 5. The van der Waals surface area contributed by atoms with E-state index in [0.717, 1.165) is 29.7 Å². The summed E-state index contributed by atoms with van der Waals surface area (Å²) in [6, 6.07) is 4.14. The Morgan fingerprint density at radius 3 is 2.70 bits per heavy atom. The lowest BCUT2D eigenvalue weighted by Crippen LogP contribution is -2.17. The topological polar surface area (TPSA) is 84.2 Å². The van der Waals surface area contributed by atoms with Crippen LogP contribution < -0.4 is 11.3 Å². The highest BCUT2D eigenvalue weighted by atomic mass is 32.1. The zero-order valence-corrected chi connectivity index (χ0v) is 16.5. The minimum Gasteiger partial charge on any atom is -0.399 e. The Labute approximate surface area is 172 Å². The molecule has 0 amide bonds. The second-order valence-corrected chi connectivity index (χ2v) is 7.66. The molecule has 30 heavy (non-hydrogen) atoms. The number of nitrogens with one attached hydrogen (secondary N) is 1. The van der Waals surface area contributed by atoms with E-state index < -0.39 is 23.1 Å². The van der Waals surface area contributed by atoms with Gasteiger partial charge in [-0.25, -0.2) is 9.37 Å². The van der Waals surface area contributed by atoms with Crippen molar-refractivity contribution in [1.82, 2.24) is 9.38 Å². The Kier molecular flexibility index (Phi) is 5.62. The molecule has 0 unspecified atom stereocenters. The molecule has 3 aromatic rings. The third-order valence-electron chi connectivity index (χ3n) is 4.27. The first-order chi connectivity index (χ1) is 14.0. The van der Waals surface area contributed by atoms with Crippen LogP contribution in [-0.2, 0) is 12.6 Å². The summed E-state index contributed by atoms with van der Waals surface area (Å²) >= 11 is 1.16. The van der Waals surface area contributed by atoms with Crippen LogP contribution in [0.2, 0.25) is 0 Å². The molecule has 3 rings (SSSR count). The Morgan fingerprint density at radius 2 is 2.10 bits per heavy atom. The van der Waals surface area contributed by atoms with Gasteiger partial charge in [0.05, 0.1) is 17.0 Å². The largest absolute Gasteiger partial charge is 0.419 e. The van der Waals surface area contributed by atoms with E-state index in [0.29, 0.717) is 22.2 Å². The summed E-state index contributed by atoms with van der Waals surface area (Å²) in [5.74, 6) is -1.38. The van der Waals surface area contributed by atoms with Crippen LogP contribution in [0.3, 0.4) is 0 Å². The number of allylic oxidation sites excluding steroid dienone is 2. The van der Waals surface area contributed by atoms with Gasteiger partial charge in [0.25, 0.3) is 5.56 Å². The smallest absolute Gasteiger partial charge is 0.399 e. The van der Waals surface area contributed by atoms with E-state index >= 15 is 0 Å². The van der Waals surface area contributed by atoms with Crippen molar-refractivity contribution in [3.63, 3.8) is 0 Å². The molecule has 3 N–H and O–H groups in total. The summed E-state index contributed by atoms with van der Waals surface area (Å²) in [5, 5.41) is 7.60. The third-order valence-corrected chi connectivity index (χ3v) is 5.22. The van der Waals surface area contributed by atoms with E-state index in [4.69, 9.17) is 11.1 Å². The highest BCUT2D eigenvalue weighted by molar-refractivity contribution is 7.17. The number of rotatable bonds is 5. The molecule has 156 valence electrons. The number of hydrogen-bond donors (Lipinski definition) is 2. The molecule has 2 aromatic heterocycles. The fourth-order valence-corrected chi connectivity index (χ4v) is 4.07. The van der Waals surface area contributed by atoms with Crippen LogP contribution in [0.25, 0.3) is 10.5 Å². The van der Waals surface area contributed by atoms with Crippen LogP contribution in [0.15, 0.2) is 47.4 Å². The van der Waals surface area contributed by atoms with Crippen LogP contribution in [0.4, 0.5) is 17.6 Å². The number of alkyl halides is 3. The van der Waals surface area contributed by atoms with Gasteiger partial charge in [-0.1, -0.05) is 18.7 Å². The molecule has 0 spiro atoms. The fraction of sp³-hybridized carbons (Fsp3) is 0.150. The van der Waals surface area contributed by atoms with E-state index in [-0.39, 0.29) is 28.3 Å². The predicted molar refractivity (Wildman–Crippen MR) is 108 cm³/mol. The molecule has 0 fully saturated rings. The summed E-state index contributed by atoms with van der Waals surface area (Å²) in [6.45, 7) is 5.29. The van der Waals surface area contributed by atoms with Gasteiger partial charge in [-0.05, 0) is 24.6 Å². The Balaban J connectivity index is 2.11. The Hall–Kier alpha value is -3.27. The second-order valence-electron chi connectivity index (χ2n) is 6.48. The summed E-state index contributed by atoms with van der Waals surface area (Å²) in [4.78, 5) is 18.0. The SMILES string of the molecule is C=C(N)/C=C(\C=N)c1c(C)sc2nc(Cc3cccc(C(F)(F)F)c3F)cc(=O)n12. The van der Waals surface area contributed by atoms with Crippen molar-refractivity contribution in [3.05, 3.63) is 86.2 Å². The maximum Gasteiger partial charge on any atom is 0.419 e. The van der Waals surface area contributed by atoms with Crippen LogP contribution in [0.5, 0.6) is 0 Å². The van der Waals surface area contributed by atoms with Gasteiger partial charge in [-0.3, -0.25) is 9.20 Å². The van der Waals surface area contributed by atoms with E-state index in [2.05, 4.69) is 11.6 Å². The molecular weight excluding hydrogens is 420 g/mol. The average molecular weight is 436 g/mol. The van der Waals surface area contributed by atoms with E-state index in [9.17, 15) is 22.4 Å². The van der Waals surface area contributed by atoms with Gasteiger partial charge in [0.2, 0.25) is 0 Å². The highest BCUT2D eigenvalue weighted by Crippen LogP contribution is 2.33. The lowest BCUT2D eigenvalue weighted by molar-refractivity contribution is -0.140. The summed E-state index contributed by atoms with van der Waals surface area (Å²) < 4.78 is 54.4. The fourth-order valence-electron chi connectivity index (χ4n) is 3.05. The number of thiazole rings is 1. The van der Waals surface area contributed by atoms with Crippen LogP contribution >= 0.6 is 11.3 Å². The molecule has 1 aromatic carbocycles. The number of halogens is 4. The van der Waals surface area contributed by atoms with Crippen molar-refractivity contribution in [2.75, 3.05) is 0 Å². The van der Waals surface area contributed by atoms with Crippen molar-refractivity contribution < 1.29 is 17.6 Å². The normalized spacial score (nSPS) is 12.4. The minimum absolute atomic E-state index is 0.134. The van der Waals surface area contributed by atoms with Crippen LogP contribution in [-0.4, -0.2) is 15.6 Å². The molecular formula is C20H16F4N4OS. The van der Waals surface area contributed by atoms with Gasteiger partial charge in [0.15, 0.2) is 4.96 Å². The standard InChI is InChI=1S/C20H16F4N4OS/c1-10(26)6-13(9-25)18-11(2)30-19-27-14(8-16(29)28(18)19)7-12-4-3-5-15(17(12)21)20(22,23)24/h3-6,8-9,25H,1,7,26H2,2H3/b13-6+,25-9?. The minimum atomic E-state index is -4.82. The first-order valence-electron chi connectivity index (χ1n) is 8.56. The monoisotopic (exact) mass is 436 g/mol. The number of nitrogens with zero attached hydrogens (tertiary/aromatic N) is 2. The van der Waals surface area contributed by atoms with Crippen LogP contribution in [0.1, 0.15) is 27.4 Å². The summed E-state index contributed by atoms with van der Waals surface area (Å²) in [5.41, 5.74) is 4.61. The highest BCUT2D eigenvalue weighted by Gasteiger charge is 2.34. The molecule has 2 heterocycles. The lowest BCUT2D eigenvalue weighted by atomic mass is 10.0. The molecule has 0 atom stereocenters. The first-order valence-corrected chi connectivity index (χ1v) is 9.38. The number of aromatic nitrogens is 2.